The van der Waals surface area contributed by atoms with Crippen LogP contribution in [0.4, 0.5) is 19.0 Å². The first-order valence-corrected chi connectivity index (χ1v) is 5.74. The second-order valence-electron chi connectivity index (χ2n) is 4.28. The molecule has 2 aromatic heterocycles. The van der Waals surface area contributed by atoms with Gasteiger partial charge >= 0.3 is 6.36 Å². The number of pyridine rings is 1. The Hall–Kier alpha value is -2.25. The second-order valence-corrected chi connectivity index (χ2v) is 4.28. The van der Waals surface area contributed by atoms with E-state index in [0.717, 1.165) is 11.8 Å². The van der Waals surface area contributed by atoms with Crippen LogP contribution in [0.3, 0.4) is 0 Å². The quantitative estimate of drug-likeness (QED) is 0.865. The van der Waals surface area contributed by atoms with Crippen LogP contribution in [-0.4, -0.2) is 28.2 Å². The Balaban J connectivity index is 2.02. The van der Waals surface area contributed by atoms with E-state index in [2.05, 4.69) is 14.8 Å². The molecule has 0 bridgehead atoms. The summed E-state index contributed by atoms with van der Waals surface area (Å²) in [5.74, 6) is 0.208. The third kappa shape index (κ3) is 3.87. The molecule has 0 aromatic carbocycles. The van der Waals surface area contributed by atoms with Crippen LogP contribution in [0.5, 0.6) is 5.75 Å². The topological polar surface area (TPSA) is 43.2 Å². The van der Waals surface area contributed by atoms with Crippen molar-refractivity contribution in [3.8, 4) is 5.75 Å². The predicted molar refractivity (Wildman–Crippen MR) is 66.2 cm³/mol. The number of hydrogen-bond acceptors (Lipinski definition) is 4. The van der Waals surface area contributed by atoms with Gasteiger partial charge in [0.25, 0.3) is 0 Å². The van der Waals surface area contributed by atoms with Crippen LogP contribution in [0.2, 0.25) is 0 Å². The van der Waals surface area contributed by atoms with Crippen LogP contribution in [0, 0.1) is 0 Å². The molecule has 0 aliphatic carbocycles. The number of ether oxygens (including phenoxy) is 1. The first-order valence-electron chi connectivity index (χ1n) is 5.74. The van der Waals surface area contributed by atoms with Crippen LogP contribution in [0.1, 0.15) is 5.56 Å². The van der Waals surface area contributed by atoms with Crippen LogP contribution < -0.4 is 9.64 Å². The number of aryl methyl sites for hydroxylation is 1. The molecule has 2 heterocycles. The molecule has 0 aliphatic heterocycles. The molecule has 8 heteroatoms. The van der Waals surface area contributed by atoms with E-state index in [1.54, 1.807) is 22.8 Å². The summed E-state index contributed by atoms with van der Waals surface area (Å²) in [4.78, 5) is 5.74. The third-order valence-electron chi connectivity index (χ3n) is 2.52. The van der Waals surface area contributed by atoms with Crippen molar-refractivity contribution in [1.82, 2.24) is 14.8 Å². The molecule has 0 aliphatic rings. The van der Waals surface area contributed by atoms with Gasteiger partial charge in [-0.1, -0.05) is 0 Å². The molecule has 0 spiro atoms. The van der Waals surface area contributed by atoms with E-state index >= 15 is 0 Å². The number of hydrogen-bond donors (Lipinski definition) is 0. The number of alkyl halides is 3. The highest BCUT2D eigenvalue weighted by Gasteiger charge is 2.31. The fourth-order valence-electron chi connectivity index (χ4n) is 1.70. The first kappa shape index (κ1) is 14.2. The summed E-state index contributed by atoms with van der Waals surface area (Å²) >= 11 is 0. The maximum atomic E-state index is 12.0. The van der Waals surface area contributed by atoms with Crippen molar-refractivity contribution < 1.29 is 17.9 Å². The lowest BCUT2D eigenvalue weighted by atomic mass is 10.3. The summed E-state index contributed by atoms with van der Waals surface area (Å²) in [5.41, 5.74) is 0.979. The Morgan fingerprint density at radius 3 is 2.55 bits per heavy atom. The molecule has 2 rings (SSSR count). The minimum absolute atomic E-state index is 0.337. The van der Waals surface area contributed by atoms with Gasteiger partial charge < -0.3 is 9.64 Å². The molecule has 0 saturated carbocycles. The molecular formula is C12H13F3N4O. The zero-order chi connectivity index (χ0) is 14.8. The largest absolute Gasteiger partial charge is 0.573 e. The Kier molecular flexibility index (Phi) is 3.82. The predicted octanol–water partition coefficient (Wildman–Crippen LogP) is 2.35. The van der Waals surface area contributed by atoms with E-state index in [1.165, 1.54) is 12.1 Å². The maximum absolute atomic E-state index is 12.0. The zero-order valence-corrected chi connectivity index (χ0v) is 10.9. The number of aromatic nitrogens is 3. The molecule has 0 unspecified atom stereocenters. The van der Waals surface area contributed by atoms with Crippen molar-refractivity contribution in [2.24, 2.45) is 7.05 Å². The van der Waals surface area contributed by atoms with Gasteiger partial charge in [-0.25, -0.2) is 4.98 Å². The maximum Gasteiger partial charge on any atom is 0.573 e. The van der Waals surface area contributed by atoms with Gasteiger partial charge in [-0.15, -0.1) is 13.2 Å². The smallest absolute Gasteiger partial charge is 0.404 e. The summed E-state index contributed by atoms with van der Waals surface area (Å²) < 4.78 is 41.5. The normalized spacial score (nSPS) is 11.4. The minimum Gasteiger partial charge on any atom is -0.404 e. The summed E-state index contributed by atoms with van der Waals surface area (Å²) in [6.45, 7) is 0.556. The fraction of sp³-hybridized carbons (Fsp3) is 0.333. The highest BCUT2D eigenvalue weighted by Crippen LogP contribution is 2.23. The molecule has 5 nitrogen and oxygen atoms in total. The Bertz CT molecular complexity index is 565. The van der Waals surface area contributed by atoms with E-state index < -0.39 is 6.36 Å². The minimum atomic E-state index is -4.70. The Morgan fingerprint density at radius 1 is 1.30 bits per heavy atom. The van der Waals surface area contributed by atoms with Gasteiger partial charge in [-0.2, -0.15) is 5.10 Å². The van der Waals surface area contributed by atoms with E-state index in [-0.39, 0.29) is 5.75 Å². The van der Waals surface area contributed by atoms with Crippen LogP contribution in [-0.2, 0) is 13.6 Å². The molecule has 0 radical (unpaired) electrons. The lowest BCUT2D eigenvalue weighted by Crippen LogP contribution is -2.19. The first-order chi connectivity index (χ1) is 9.33. The van der Waals surface area contributed by atoms with Crippen LogP contribution >= 0.6 is 0 Å². The molecule has 2 aromatic rings. The van der Waals surface area contributed by atoms with Crippen molar-refractivity contribution >= 4 is 5.82 Å². The van der Waals surface area contributed by atoms with Gasteiger partial charge in [0.15, 0.2) is 0 Å². The van der Waals surface area contributed by atoms with Gasteiger partial charge in [0.1, 0.15) is 11.6 Å². The summed E-state index contributed by atoms with van der Waals surface area (Å²) in [6.07, 6.45) is -0.0807. The van der Waals surface area contributed by atoms with Crippen LogP contribution in [0.15, 0.2) is 30.7 Å². The van der Waals surface area contributed by atoms with Gasteiger partial charge in [0.05, 0.1) is 12.4 Å². The zero-order valence-electron chi connectivity index (χ0n) is 10.9. The molecule has 108 valence electrons. The summed E-state index contributed by atoms with van der Waals surface area (Å²) in [6, 6.07) is 2.70. The second kappa shape index (κ2) is 5.40. The van der Waals surface area contributed by atoms with Gasteiger partial charge in [0, 0.05) is 32.4 Å². The average Bonchev–Trinajstić information content (AvgIpc) is 2.73. The standard InChI is InChI=1S/C12H13F3N4O/c1-18(7-9-5-17-19(2)8-9)11-4-3-10(6-16-11)20-12(13,14)15/h3-6,8H,7H2,1-2H3. The highest BCUT2D eigenvalue weighted by molar-refractivity contribution is 5.40. The number of anilines is 1. The third-order valence-corrected chi connectivity index (χ3v) is 2.52. The van der Waals surface area contributed by atoms with Gasteiger partial charge in [-0.3, -0.25) is 4.68 Å². The van der Waals surface area contributed by atoms with E-state index in [0.29, 0.717) is 12.4 Å². The van der Waals surface area contributed by atoms with E-state index in [9.17, 15) is 13.2 Å². The number of nitrogens with zero attached hydrogens (tertiary/aromatic N) is 4. The summed E-state index contributed by atoms with van der Waals surface area (Å²) in [5, 5.41) is 4.04. The molecule has 0 amide bonds. The van der Waals surface area contributed by atoms with Crippen molar-refractivity contribution in [3.63, 3.8) is 0 Å². The fourth-order valence-corrected chi connectivity index (χ4v) is 1.70. The van der Waals surface area contributed by atoms with E-state index in [1.807, 2.05) is 13.2 Å². The van der Waals surface area contributed by atoms with Crippen LogP contribution in [0.25, 0.3) is 0 Å². The number of halogens is 3. The highest BCUT2D eigenvalue weighted by atomic mass is 19.4. The van der Waals surface area contributed by atoms with Gasteiger partial charge in [0.2, 0.25) is 0 Å². The average molecular weight is 286 g/mol. The molecule has 0 atom stereocenters. The van der Waals surface area contributed by atoms with Crippen molar-refractivity contribution in [2.75, 3.05) is 11.9 Å². The van der Waals surface area contributed by atoms with Crippen molar-refractivity contribution in [3.05, 3.63) is 36.3 Å². The van der Waals surface area contributed by atoms with Crippen molar-refractivity contribution in [2.45, 2.75) is 12.9 Å². The molecular weight excluding hydrogens is 273 g/mol. The Labute approximate surface area is 113 Å². The molecule has 0 fully saturated rings. The SMILES string of the molecule is CN(Cc1cnn(C)c1)c1ccc(OC(F)(F)F)cn1. The summed E-state index contributed by atoms with van der Waals surface area (Å²) in [7, 11) is 3.60. The number of rotatable bonds is 4. The monoisotopic (exact) mass is 286 g/mol. The van der Waals surface area contributed by atoms with E-state index in [4.69, 9.17) is 0 Å². The molecule has 20 heavy (non-hydrogen) atoms. The molecule has 0 N–H and O–H groups in total. The molecule has 0 saturated heterocycles. The lowest BCUT2D eigenvalue weighted by Gasteiger charge is -2.17. The van der Waals surface area contributed by atoms with Crippen molar-refractivity contribution in [1.29, 1.82) is 0 Å². The lowest BCUT2D eigenvalue weighted by molar-refractivity contribution is -0.274. The van der Waals surface area contributed by atoms with Gasteiger partial charge in [-0.05, 0) is 12.1 Å². The Morgan fingerprint density at radius 2 is 2.05 bits per heavy atom.